The second kappa shape index (κ2) is 21.7. The van der Waals surface area contributed by atoms with Gasteiger partial charge in [-0.2, -0.15) is 36.5 Å². The molecule has 20 nitrogen and oxygen atoms in total. The Morgan fingerprint density at radius 3 is 1.33 bits per heavy atom. The molecule has 10 aromatic heterocycles. The van der Waals surface area contributed by atoms with Crippen molar-refractivity contribution in [3.05, 3.63) is 166 Å². The molecular weight excluding hydrogens is 1170 g/mol. The monoisotopic (exact) mass is 1200 g/mol. The molecule has 0 radical (unpaired) electrons. The van der Waals surface area contributed by atoms with Crippen LogP contribution >= 0.6 is 22.7 Å². The molecule has 0 bridgehead atoms. The highest BCUT2D eigenvalue weighted by molar-refractivity contribution is 7.17. The van der Waals surface area contributed by atoms with Gasteiger partial charge in [0, 0.05) is 12.4 Å². The molecule has 0 aliphatic carbocycles. The van der Waals surface area contributed by atoms with E-state index in [4.69, 9.17) is 20.9 Å². The molecular formula is C52H34F10N16O4S2. The normalized spacial score (nSPS) is 12.7. The molecule has 0 aliphatic rings. The van der Waals surface area contributed by atoms with Gasteiger partial charge in [0.15, 0.2) is 24.5 Å². The van der Waals surface area contributed by atoms with Crippen LogP contribution in [0.25, 0.3) is 76.8 Å². The maximum atomic E-state index is 14.3. The van der Waals surface area contributed by atoms with Crippen molar-refractivity contribution in [2.24, 2.45) is 0 Å². The second-order valence-electron chi connectivity index (χ2n) is 18.2. The summed E-state index contributed by atoms with van der Waals surface area (Å²) in [6, 6.07) is 13.9. The van der Waals surface area contributed by atoms with E-state index in [9.17, 15) is 53.5 Å². The van der Waals surface area contributed by atoms with Crippen molar-refractivity contribution in [1.29, 1.82) is 0 Å². The third-order valence-electron chi connectivity index (χ3n) is 12.6. The first-order chi connectivity index (χ1) is 40.0. The van der Waals surface area contributed by atoms with E-state index in [2.05, 4.69) is 50.1 Å². The zero-order valence-electron chi connectivity index (χ0n) is 42.6. The summed E-state index contributed by atoms with van der Waals surface area (Å²) < 4.78 is 147. The van der Waals surface area contributed by atoms with E-state index < -0.39 is 72.0 Å². The van der Waals surface area contributed by atoms with E-state index in [0.29, 0.717) is 9.75 Å². The van der Waals surface area contributed by atoms with Crippen LogP contribution < -0.4 is 32.1 Å². The molecule has 428 valence electrons. The van der Waals surface area contributed by atoms with Gasteiger partial charge in [-0.25, -0.2) is 66.8 Å². The molecule has 0 unspecified atom stereocenters. The Hall–Kier alpha value is -9.98. The molecule has 0 aliphatic heterocycles. The minimum absolute atomic E-state index is 0.00189. The number of rotatable bonds is 12. The number of fused-ring (bicyclic) bond motifs is 4. The number of hydrogen-bond acceptors (Lipinski definition) is 18. The second-order valence-corrected chi connectivity index (χ2v) is 20.2. The number of hydrogen-bond donors (Lipinski definition) is 2. The topological polar surface area (TPSA) is 252 Å². The Labute approximate surface area is 470 Å². The molecule has 2 atom stereocenters. The lowest BCUT2D eigenvalue weighted by Crippen LogP contribution is -2.23. The lowest BCUT2D eigenvalue weighted by molar-refractivity contribution is -0.154. The third kappa shape index (κ3) is 11.0. The number of alkyl halides is 6. The third-order valence-corrected chi connectivity index (χ3v) is 14.4. The van der Waals surface area contributed by atoms with Crippen LogP contribution in [0.1, 0.15) is 37.3 Å². The van der Waals surface area contributed by atoms with Gasteiger partial charge in [0.2, 0.25) is 0 Å². The lowest BCUT2D eigenvalue weighted by Gasteiger charge is -2.18. The van der Waals surface area contributed by atoms with Gasteiger partial charge in [0.05, 0.1) is 67.5 Å². The fourth-order valence-corrected chi connectivity index (χ4v) is 10.5. The smallest absolute Gasteiger partial charge is 0.422 e. The highest BCUT2D eigenvalue weighted by atomic mass is 32.1. The minimum Gasteiger partial charge on any atom is -0.460 e. The predicted octanol–water partition coefficient (Wildman–Crippen LogP) is 10.1. The predicted molar refractivity (Wildman–Crippen MR) is 286 cm³/mol. The number of nitrogens with zero attached hydrogens (tertiary/aromatic N) is 14. The average Bonchev–Trinajstić information content (AvgIpc) is 1.83. The van der Waals surface area contributed by atoms with E-state index in [0.717, 1.165) is 68.1 Å². The minimum atomic E-state index is -4.55. The number of nitrogen functional groups attached to an aromatic ring is 2. The van der Waals surface area contributed by atoms with Gasteiger partial charge in [-0.3, -0.25) is 18.4 Å². The lowest BCUT2D eigenvalue weighted by atomic mass is 10.0. The standard InChI is InChI=1S/2C26H17F5N8O2S/c2*1-12(20-18(13-3-2-4-14(27)7-13)24(40)38-9-15(28)5-6-17(38)36-20)39-23-19(22(32)34-11-35-23)21(37-39)16-8-33-25(42-16)41-10-26(29,30)31/h2*2-9,11-12H,10H2,1H3,(H2,32,34,35)/t2*12-/m10/s1. The van der Waals surface area contributed by atoms with Crippen LogP contribution in [-0.4, -0.2) is 93.8 Å². The van der Waals surface area contributed by atoms with Crippen LogP contribution in [0.4, 0.5) is 55.5 Å². The number of pyridine rings is 2. The van der Waals surface area contributed by atoms with Crippen LogP contribution in [0, 0.1) is 23.3 Å². The van der Waals surface area contributed by atoms with Crippen molar-refractivity contribution in [3.63, 3.8) is 0 Å². The van der Waals surface area contributed by atoms with Crippen LogP contribution in [0.5, 0.6) is 10.4 Å². The summed E-state index contributed by atoms with van der Waals surface area (Å²) in [5.41, 5.74) is 12.9. The Morgan fingerprint density at radius 1 is 0.548 bits per heavy atom. The fourth-order valence-electron chi connectivity index (χ4n) is 8.96. The molecule has 0 fully saturated rings. The van der Waals surface area contributed by atoms with Gasteiger partial charge in [0.25, 0.3) is 21.5 Å². The highest BCUT2D eigenvalue weighted by Gasteiger charge is 2.33. The van der Waals surface area contributed by atoms with Crippen LogP contribution in [0.3, 0.4) is 0 Å². The Bertz CT molecular complexity index is 4370. The van der Waals surface area contributed by atoms with E-state index in [1.54, 1.807) is 13.8 Å². The Balaban J connectivity index is 0.000000175. The molecule has 0 spiro atoms. The summed E-state index contributed by atoms with van der Waals surface area (Å²) in [4.78, 5) is 61.7. The highest BCUT2D eigenvalue weighted by Crippen LogP contribution is 2.41. The van der Waals surface area contributed by atoms with Crippen LogP contribution in [0.15, 0.2) is 120 Å². The van der Waals surface area contributed by atoms with E-state index in [1.165, 1.54) is 82.9 Å². The molecule has 12 rings (SSSR count). The fraction of sp³-hybridized carbons (Fsp3) is 0.154. The van der Waals surface area contributed by atoms with Crippen molar-refractivity contribution in [2.45, 2.75) is 38.3 Å². The summed E-state index contributed by atoms with van der Waals surface area (Å²) in [6.07, 6.45) is -2.15. The quantitative estimate of drug-likeness (QED) is 0.108. The number of halogens is 10. The molecule has 4 N–H and O–H groups in total. The van der Waals surface area contributed by atoms with E-state index >= 15 is 0 Å². The summed E-state index contributed by atoms with van der Waals surface area (Å²) >= 11 is 1.62. The Morgan fingerprint density at radius 2 is 0.952 bits per heavy atom. The number of ether oxygens (including phenoxy) is 2. The molecule has 0 amide bonds. The number of benzene rings is 2. The molecule has 2 aromatic carbocycles. The first-order valence-corrected chi connectivity index (χ1v) is 25.9. The van der Waals surface area contributed by atoms with Crippen LogP contribution in [0.2, 0.25) is 0 Å². The Kier molecular flexibility index (Phi) is 14.5. The van der Waals surface area contributed by atoms with Crippen molar-refractivity contribution < 1.29 is 53.4 Å². The molecule has 12 aromatic rings. The van der Waals surface area contributed by atoms with Gasteiger partial charge in [0.1, 0.15) is 70.2 Å². The van der Waals surface area contributed by atoms with Crippen molar-refractivity contribution in [2.75, 3.05) is 24.7 Å². The molecule has 10 heterocycles. The van der Waals surface area contributed by atoms with Gasteiger partial charge < -0.3 is 20.9 Å². The van der Waals surface area contributed by atoms with Crippen molar-refractivity contribution >= 4 is 67.7 Å². The maximum Gasteiger partial charge on any atom is 0.422 e. The molecule has 84 heavy (non-hydrogen) atoms. The summed E-state index contributed by atoms with van der Waals surface area (Å²) in [5.74, 6) is -2.48. The summed E-state index contributed by atoms with van der Waals surface area (Å²) in [5, 5.41) is 9.36. The average molecular weight is 1200 g/mol. The number of thiazole rings is 2. The first kappa shape index (κ1) is 55.9. The molecule has 0 saturated carbocycles. The molecule has 32 heteroatoms. The van der Waals surface area contributed by atoms with E-state index in [-0.39, 0.29) is 100 Å². The van der Waals surface area contributed by atoms with E-state index in [1.807, 2.05) is 0 Å². The number of nitrogens with two attached hydrogens (primary N) is 2. The van der Waals surface area contributed by atoms with Crippen LogP contribution in [-0.2, 0) is 0 Å². The SMILES string of the molecule is C[C@@H](c1nc2ccc(F)cn2c(=O)c1-c1cccc(F)c1)n1nc(-c2cnc(OCC(F)(F)F)s2)c2c(N)ncnc21.C[C@H](c1nc2ccc(F)cn2c(=O)c1-c1cccc(F)c1)n1nc(-c2cnc(OCC(F)(F)F)s2)c2c(N)ncnc21. The van der Waals surface area contributed by atoms with Gasteiger partial charge >= 0.3 is 12.4 Å². The molecule has 0 saturated heterocycles. The van der Waals surface area contributed by atoms with Gasteiger partial charge in [-0.1, -0.05) is 46.9 Å². The largest absolute Gasteiger partial charge is 0.460 e. The summed E-state index contributed by atoms with van der Waals surface area (Å²) in [7, 11) is 0. The van der Waals surface area contributed by atoms with Gasteiger partial charge in [-0.15, -0.1) is 0 Å². The number of aromatic nitrogens is 14. The van der Waals surface area contributed by atoms with Crippen molar-refractivity contribution in [1.82, 2.24) is 68.2 Å². The number of anilines is 2. The van der Waals surface area contributed by atoms with Crippen molar-refractivity contribution in [3.8, 4) is 53.8 Å². The maximum absolute atomic E-state index is 14.3. The van der Waals surface area contributed by atoms with Gasteiger partial charge in [-0.05, 0) is 73.5 Å². The zero-order valence-corrected chi connectivity index (χ0v) is 44.2. The zero-order chi connectivity index (χ0) is 59.5. The first-order valence-electron chi connectivity index (χ1n) is 24.2. The summed E-state index contributed by atoms with van der Waals surface area (Å²) in [6.45, 7) is 0.300.